The molecule has 122 valence electrons. The lowest BCUT2D eigenvalue weighted by atomic mass is 10.5. The van der Waals surface area contributed by atoms with Crippen LogP contribution in [0.15, 0.2) is 17.3 Å². The van der Waals surface area contributed by atoms with E-state index in [2.05, 4.69) is 14.6 Å². The molecule has 0 saturated heterocycles. The summed E-state index contributed by atoms with van der Waals surface area (Å²) >= 11 is 0. The van der Waals surface area contributed by atoms with Crippen molar-refractivity contribution in [1.82, 2.24) is 5.06 Å². The van der Waals surface area contributed by atoms with Gasteiger partial charge in [-0.25, -0.2) is 14.6 Å². The molecule has 0 radical (unpaired) electrons. The van der Waals surface area contributed by atoms with Crippen LogP contribution in [0.5, 0.6) is 0 Å². The van der Waals surface area contributed by atoms with Gasteiger partial charge in [-0.2, -0.15) is 26.3 Å². The minimum absolute atomic E-state index is 0.350. The van der Waals surface area contributed by atoms with E-state index in [-0.39, 0.29) is 5.06 Å². The van der Waals surface area contributed by atoms with E-state index < -0.39 is 36.4 Å². The second-order valence-electron chi connectivity index (χ2n) is 3.44. The third kappa shape index (κ3) is 4.46. The summed E-state index contributed by atoms with van der Waals surface area (Å²) in [6.45, 7) is 0. The topological polar surface area (TPSA) is 85.3 Å². The summed E-state index contributed by atoms with van der Waals surface area (Å²) in [5.74, 6) is -7.36. The summed E-state index contributed by atoms with van der Waals surface area (Å²) in [5, 5.41) is -0.350. The van der Waals surface area contributed by atoms with E-state index in [1.54, 1.807) is 0 Å². The van der Waals surface area contributed by atoms with Gasteiger partial charge in [-0.15, -0.1) is 5.06 Å². The van der Waals surface area contributed by atoms with Gasteiger partial charge >= 0.3 is 30.2 Å². The van der Waals surface area contributed by atoms with Crippen LogP contribution in [-0.2, 0) is 24.0 Å². The smallest absolute Gasteiger partial charge is 0.423 e. The number of halogens is 6. The molecule has 0 fully saturated rings. The van der Waals surface area contributed by atoms with Crippen LogP contribution in [-0.4, -0.2) is 47.7 Å². The van der Waals surface area contributed by atoms with E-state index in [0.717, 1.165) is 6.08 Å². The predicted molar refractivity (Wildman–Crippen MR) is 52.6 cm³/mol. The maximum atomic E-state index is 12.0. The first-order valence-electron chi connectivity index (χ1n) is 5.03. The summed E-state index contributed by atoms with van der Waals surface area (Å²) in [6.07, 6.45) is -11.5. The molecule has 22 heavy (non-hydrogen) atoms. The fourth-order valence-corrected chi connectivity index (χ4v) is 0.956. The third-order valence-electron chi connectivity index (χ3n) is 1.82. The van der Waals surface area contributed by atoms with Crippen molar-refractivity contribution in [3.63, 3.8) is 0 Å². The van der Waals surface area contributed by atoms with Crippen molar-refractivity contribution in [2.45, 2.75) is 18.6 Å². The molecule has 13 heteroatoms. The number of carbonyl (C=O) groups is 3. The first-order chi connectivity index (χ1) is 9.93. The molecule has 1 unspecified atom stereocenters. The average molecular weight is 334 g/mol. The number of amides is 1. The van der Waals surface area contributed by atoms with Crippen molar-refractivity contribution < 1.29 is 50.3 Å². The average Bonchev–Trinajstić information content (AvgIpc) is 2.52. The van der Waals surface area contributed by atoms with Gasteiger partial charge < -0.3 is 9.57 Å². The highest BCUT2D eigenvalue weighted by molar-refractivity contribution is 5.89. The third-order valence-corrected chi connectivity index (χ3v) is 1.82. The SMILES string of the molecule is O=C1C(OC(=O)C(F)(F)F)N=CC=CN1OC(=O)C(F)(F)F. The Labute approximate surface area is 116 Å². The lowest BCUT2D eigenvalue weighted by Crippen LogP contribution is -2.42. The number of nitrogens with zero attached hydrogens (tertiary/aromatic N) is 2. The van der Waals surface area contributed by atoms with Crippen molar-refractivity contribution in [3.8, 4) is 0 Å². The molecule has 1 heterocycles. The fourth-order valence-electron chi connectivity index (χ4n) is 0.956. The number of hydrogen-bond acceptors (Lipinski definition) is 6. The molecule has 0 N–H and O–H groups in total. The first kappa shape index (κ1) is 17.5. The minimum atomic E-state index is -5.46. The van der Waals surface area contributed by atoms with Crippen LogP contribution >= 0.6 is 0 Å². The van der Waals surface area contributed by atoms with Crippen LogP contribution in [0.3, 0.4) is 0 Å². The highest BCUT2D eigenvalue weighted by Crippen LogP contribution is 2.21. The summed E-state index contributed by atoms with van der Waals surface area (Å²) in [4.78, 5) is 39.4. The monoisotopic (exact) mass is 334 g/mol. The summed E-state index contributed by atoms with van der Waals surface area (Å²) in [7, 11) is 0. The Morgan fingerprint density at radius 1 is 1.09 bits per heavy atom. The van der Waals surface area contributed by atoms with E-state index in [4.69, 9.17) is 0 Å². The van der Waals surface area contributed by atoms with Gasteiger partial charge in [0.25, 0.3) is 6.23 Å². The molecule has 0 bridgehead atoms. The summed E-state index contributed by atoms with van der Waals surface area (Å²) in [5.41, 5.74) is 0. The molecule has 1 atom stereocenters. The van der Waals surface area contributed by atoms with Gasteiger partial charge in [0.1, 0.15) is 0 Å². The van der Waals surface area contributed by atoms with Crippen LogP contribution < -0.4 is 0 Å². The van der Waals surface area contributed by atoms with Crippen molar-refractivity contribution in [2.24, 2.45) is 4.99 Å². The number of rotatable bonds is 2. The van der Waals surface area contributed by atoms with E-state index >= 15 is 0 Å². The number of hydrogen-bond donors (Lipinski definition) is 0. The van der Waals surface area contributed by atoms with Crippen LogP contribution in [0.2, 0.25) is 0 Å². The number of allylic oxidation sites excluding steroid dienone is 1. The summed E-state index contributed by atoms with van der Waals surface area (Å²) in [6, 6.07) is 0. The zero-order valence-corrected chi connectivity index (χ0v) is 10.0. The molecule has 1 rings (SSSR count). The number of carbonyl (C=O) groups excluding carboxylic acids is 3. The second kappa shape index (κ2) is 6.03. The molecule has 0 aliphatic carbocycles. The van der Waals surface area contributed by atoms with E-state index in [1.807, 2.05) is 0 Å². The lowest BCUT2D eigenvalue weighted by Gasteiger charge is -2.20. The number of aliphatic imine (C=N–C) groups is 1. The van der Waals surface area contributed by atoms with Gasteiger partial charge in [-0.1, -0.05) is 0 Å². The maximum Gasteiger partial charge on any atom is 0.493 e. The number of hydroxylamine groups is 2. The molecule has 0 spiro atoms. The molecule has 1 aliphatic heterocycles. The maximum absolute atomic E-state index is 12.0. The first-order valence-corrected chi connectivity index (χ1v) is 5.03. The van der Waals surface area contributed by atoms with Crippen LogP contribution in [0, 0.1) is 0 Å². The Morgan fingerprint density at radius 2 is 1.64 bits per heavy atom. The van der Waals surface area contributed by atoms with E-state index in [9.17, 15) is 40.7 Å². The molecule has 0 aromatic heterocycles. The second-order valence-corrected chi connectivity index (χ2v) is 3.44. The predicted octanol–water partition coefficient (Wildman–Crippen LogP) is 0.865. The van der Waals surface area contributed by atoms with Gasteiger partial charge in [0.05, 0.1) is 6.20 Å². The summed E-state index contributed by atoms with van der Waals surface area (Å²) < 4.78 is 75.6. The largest absolute Gasteiger partial charge is 0.493 e. The molecule has 0 saturated carbocycles. The lowest BCUT2D eigenvalue weighted by molar-refractivity contribution is -0.233. The van der Waals surface area contributed by atoms with Crippen molar-refractivity contribution >= 4 is 24.1 Å². The Morgan fingerprint density at radius 3 is 2.14 bits per heavy atom. The van der Waals surface area contributed by atoms with Gasteiger partial charge in [-0.05, 0) is 6.08 Å². The number of alkyl halides is 6. The number of esters is 1. The van der Waals surface area contributed by atoms with E-state index in [1.165, 1.54) is 0 Å². The van der Waals surface area contributed by atoms with Crippen molar-refractivity contribution in [2.75, 3.05) is 0 Å². The van der Waals surface area contributed by atoms with Crippen LogP contribution in [0.1, 0.15) is 0 Å². The van der Waals surface area contributed by atoms with Gasteiger partial charge in [-0.3, -0.25) is 4.79 Å². The van der Waals surface area contributed by atoms with Crippen LogP contribution in [0.25, 0.3) is 0 Å². The zero-order chi connectivity index (χ0) is 17.1. The standard InChI is InChI=1S/C9H4F6N2O5/c10-8(11,12)6(19)21-4-5(18)17(3-1-2-16-4)22-7(20)9(13,14)15/h1-4H. The normalized spacial score (nSPS) is 18.9. The minimum Gasteiger partial charge on any atom is -0.423 e. The molecule has 1 aliphatic rings. The molecular weight excluding hydrogens is 330 g/mol. The zero-order valence-electron chi connectivity index (χ0n) is 10.0. The Kier molecular flexibility index (Phi) is 4.78. The van der Waals surface area contributed by atoms with E-state index in [0.29, 0.717) is 12.4 Å². The fraction of sp³-hybridized carbons (Fsp3) is 0.333. The molecule has 7 nitrogen and oxygen atoms in total. The van der Waals surface area contributed by atoms with Crippen LogP contribution in [0.4, 0.5) is 26.3 Å². The van der Waals surface area contributed by atoms with Gasteiger partial charge in [0, 0.05) is 6.21 Å². The Balaban J connectivity index is 2.85. The van der Waals surface area contributed by atoms with Crippen molar-refractivity contribution in [1.29, 1.82) is 0 Å². The molecular formula is C9H4F6N2O5. The van der Waals surface area contributed by atoms with Crippen molar-refractivity contribution in [3.05, 3.63) is 12.3 Å². The molecule has 0 aromatic rings. The number of ether oxygens (including phenoxy) is 1. The quantitative estimate of drug-likeness (QED) is 0.552. The Hall–Kier alpha value is -2.60. The Bertz CT molecular complexity index is 492. The highest BCUT2D eigenvalue weighted by atomic mass is 19.4. The van der Waals surface area contributed by atoms with Gasteiger partial charge in [0.15, 0.2) is 0 Å². The molecule has 0 aromatic carbocycles. The molecule has 1 amide bonds. The van der Waals surface area contributed by atoms with Gasteiger partial charge in [0.2, 0.25) is 0 Å². The highest BCUT2D eigenvalue weighted by Gasteiger charge is 2.46.